The van der Waals surface area contributed by atoms with Gasteiger partial charge in [-0.3, -0.25) is 9.78 Å². The highest BCUT2D eigenvalue weighted by atomic mass is 16.3. The first-order valence-corrected chi connectivity index (χ1v) is 9.80. The van der Waals surface area contributed by atoms with Crippen molar-refractivity contribution in [2.24, 2.45) is 11.3 Å². The highest BCUT2D eigenvalue weighted by Crippen LogP contribution is 2.67. The first-order chi connectivity index (χ1) is 15.0. The molecule has 1 amide bonds. The van der Waals surface area contributed by atoms with Crippen LogP contribution < -0.4 is 10.6 Å². The lowest BCUT2D eigenvalue weighted by molar-refractivity contribution is -0.132. The highest BCUT2D eigenvalue weighted by molar-refractivity contribution is 5.88. The molecule has 3 aromatic rings. The Morgan fingerprint density at radius 1 is 1.23 bits per heavy atom. The zero-order chi connectivity index (χ0) is 21.8. The number of nitrogens with zero attached hydrogens (tertiary/aromatic N) is 6. The molecule has 5 atom stereocenters. The van der Waals surface area contributed by atoms with Gasteiger partial charge in [0.05, 0.1) is 30.1 Å². The maximum Gasteiger partial charge on any atom is 0.229 e. The zero-order valence-electron chi connectivity index (χ0n) is 16.8. The molecule has 5 rings (SSSR count). The minimum Gasteiger partial charge on any atom is -0.389 e. The van der Waals surface area contributed by atoms with Gasteiger partial charge in [0, 0.05) is 32.4 Å². The predicted molar refractivity (Wildman–Crippen MR) is 109 cm³/mol. The third-order valence-electron chi connectivity index (χ3n) is 6.17. The van der Waals surface area contributed by atoms with Gasteiger partial charge in [0.15, 0.2) is 17.0 Å². The summed E-state index contributed by atoms with van der Waals surface area (Å²) in [5.41, 5.74) is 0.461. The average molecular weight is 420 g/mol. The van der Waals surface area contributed by atoms with Crippen molar-refractivity contribution in [1.82, 2.24) is 34.8 Å². The molecule has 2 unspecified atom stereocenters. The van der Waals surface area contributed by atoms with Gasteiger partial charge in [0.25, 0.3) is 0 Å². The van der Waals surface area contributed by atoms with Crippen molar-refractivity contribution in [2.75, 3.05) is 19.4 Å². The molecule has 11 nitrogen and oxygen atoms in total. The molecule has 0 bridgehead atoms. The van der Waals surface area contributed by atoms with Crippen LogP contribution in [0.5, 0.6) is 0 Å². The number of anilines is 1. The van der Waals surface area contributed by atoms with Crippen LogP contribution in [0, 0.1) is 23.2 Å². The van der Waals surface area contributed by atoms with E-state index < -0.39 is 23.7 Å². The highest BCUT2D eigenvalue weighted by Gasteiger charge is 2.75. The maximum absolute atomic E-state index is 12.4. The summed E-state index contributed by atoms with van der Waals surface area (Å²) in [6.45, 7) is 0. The summed E-state index contributed by atoms with van der Waals surface area (Å²) in [5, 5.41) is 27.0. The lowest BCUT2D eigenvalue weighted by atomic mass is 9.98. The smallest absolute Gasteiger partial charge is 0.229 e. The van der Waals surface area contributed by atoms with Gasteiger partial charge in [-0.1, -0.05) is 0 Å². The van der Waals surface area contributed by atoms with Crippen LogP contribution in [0.2, 0.25) is 0 Å². The van der Waals surface area contributed by atoms with Crippen LogP contribution >= 0.6 is 0 Å². The molecule has 0 saturated heterocycles. The number of amides is 1. The van der Waals surface area contributed by atoms with Gasteiger partial charge in [-0.05, 0) is 18.3 Å². The van der Waals surface area contributed by atoms with Crippen molar-refractivity contribution >= 4 is 22.9 Å². The fourth-order valence-electron chi connectivity index (χ4n) is 4.64. The van der Waals surface area contributed by atoms with Crippen LogP contribution in [-0.4, -0.2) is 71.9 Å². The van der Waals surface area contributed by atoms with E-state index in [4.69, 9.17) is 0 Å². The van der Waals surface area contributed by atoms with Gasteiger partial charge in [0.1, 0.15) is 11.8 Å². The Morgan fingerprint density at radius 3 is 2.77 bits per heavy atom. The van der Waals surface area contributed by atoms with Crippen LogP contribution in [0.4, 0.5) is 5.82 Å². The molecule has 3 aromatic heterocycles. The number of rotatable bonds is 3. The van der Waals surface area contributed by atoms with Crippen LogP contribution in [0.1, 0.15) is 24.0 Å². The summed E-state index contributed by atoms with van der Waals surface area (Å²) in [7, 11) is 3.24. The molecule has 158 valence electrons. The first kappa shape index (κ1) is 19.3. The number of imidazole rings is 1. The van der Waals surface area contributed by atoms with Crippen molar-refractivity contribution in [1.29, 1.82) is 0 Å². The number of aliphatic hydroxyl groups excluding tert-OH is 2. The number of carbonyl (C=O) groups is 1. The molecule has 2 fully saturated rings. The third kappa shape index (κ3) is 2.76. The van der Waals surface area contributed by atoms with Crippen molar-refractivity contribution in [2.45, 2.75) is 24.7 Å². The second-order valence-electron chi connectivity index (χ2n) is 7.67. The van der Waals surface area contributed by atoms with Crippen LogP contribution in [0.3, 0.4) is 0 Å². The monoisotopic (exact) mass is 420 g/mol. The Morgan fingerprint density at radius 2 is 2.06 bits per heavy atom. The summed E-state index contributed by atoms with van der Waals surface area (Å²) in [5.74, 6) is 5.98. The number of nitrogens with one attached hydrogen (secondary N) is 2. The van der Waals surface area contributed by atoms with Gasteiger partial charge in [-0.2, -0.15) is 0 Å². The average Bonchev–Trinajstić information content (AvgIpc) is 3.34. The van der Waals surface area contributed by atoms with Crippen LogP contribution in [0.25, 0.3) is 11.2 Å². The summed E-state index contributed by atoms with van der Waals surface area (Å²) >= 11 is 0. The van der Waals surface area contributed by atoms with Crippen molar-refractivity contribution < 1.29 is 15.0 Å². The molecule has 0 aliphatic heterocycles. The number of carbonyl (C=O) groups excluding carboxylic acids is 1. The third-order valence-corrected chi connectivity index (χ3v) is 6.17. The quantitative estimate of drug-likeness (QED) is 0.395. The number of aliphatic hydroxyl groups is 2. The Balaban J connectivity index is 1.58. The fourth-order valence-corrected chi connectivity index (χ4v) is 4.64. The van der Waals surface area contributed by atoms with Crippen molar-refractivity contribution in [3.05, 3.63) is 36.4 Å². The van der Waals surface area contributed by atoms with E-state index >= 15 is 0 Å². The van der Waals surface area contributed by atoms with E-state index in [-0.39, 0.29) is 17.6 Å². The Labute approximate surface area is 177 Å². The topological polar surface area (TPSA) is 151 Å². The lowest BCUT2D eigenvalue weighted by Crippen LogP contribution is -2.41. The van der Waals surface area contributed by atoms with E-state index in [1.807, 2.05) is 0 Å². The normalized spacial score (nSPS) is 28.5. The van der Waals surface area contributed by atoms with Crippen LogP contribution in [0.15, 0.2) is 24.9 Å². The fraction of sp³-hybridized carbons (Fsp3) is 0.400. The Hall–Kier alpha value is -3.62. The largest absolute Gasteiger partial charge is 0.389 e. The number of hydrogen-bond donors (Lipinski definition) is 4. The van der Waals surface area contributed by atoms with E-state index in [0.717, 1.165) is 0 Å². The standard InChI is InChI=1S/C20H20N8O3/c1-21-17-13-18(27-12(26-17)4-3-10-8-23-5-6-24-10)28(9-25-13)14-11-7-20(11,19(31)22-2)16(30)15(14)29/h5-6,8-9,11,14-16,29-30H,7H2,1-2H3,(H,22,31)(H,21,26,27)/t11?,14-,15+,16?,20-/m1/s1. The molecule has 11 heteroatoms. The molecule has 2 aliphatic rings. The zero-order valence-corrected chi connectivity index (χ0v) is 16.8. The van der Waals surface area contributed by atoms with Crippen molar-refractivity contribution in [3.63, 3.8) is 0 Å². The van der Waals surface area contributed by atoms with E-state index in [2.05, 4.69) is 47.4 Å². The second-order valence-corrected chi connectivity index (χ2v) is 7.67. The van der Waals surface area contributed by atoms with Gasteiger partial charge >= 0.3 is 0 Å². The summed E-state index contributed by atoms with van der Waals surface area (Å²) < 4.78 is 1.71. The predicted octanol–water partition coefficient (Wildman–Crippen LogP) is -0.913. The molecule has 4 N–H and O–H groups in total. The molecule has 2 aliphatic carbocycles. The van der Waals surface area contributed by atoms with E-state index in [0.29, 0.717) is 29.1 Å². The van der Waals surface area contributed by atoms with E-state index in [9.17, 15) is 15.0 Å². The molecule has 31 heavy (non-hydrogen) atoms. The molecule has 2 saturated carbocycles. The Bertz CT molecular complexity index is 1230. The molecule has 3 heterocycles. The van der Waals surface area contributed by atoms with Gasteiger partial charge < -0.3 is 25.4 Å². The second kappa shape index (κ2) is 6.97. The number of aromatic nitrogens is 6. The van der Waals surface area contributed by atoms with E-state index in [1.54, 1.807) is 30.3 Å². The van der Waals surface area contributed by atoms with Gasteiger partial charge in [-0.25, -0.2) is 19.9 Å². The summed E-state index contributed by atoms with van der Waals surface area (Å²) in [6, 6.07) is -0.544. The first-order valence-electron chi connectivity index (χ1n) is 9.80. The number of fused-ring (bicyclic) bond motifs is 2. The van der Waals surface area contributed by atoms with Gasteiger partial charge in [-0.15, -0.1) is 0 Å². The van der Waals surface area contributed by atoms with Gasteiger partial charge in [0.2, 0.25) is 11.7 Å². The maximum atomic E-state index is 12.4. The minimum atomic E-state index is -1.17. The van der Waals surface area contributed by atoms with E-state index in [1.165, 1.54) is 13.2 Å². The molecule has 0 radical (unpaired) electrons. The SMILES string of the molecule is CNC(=O)[C@]12CC1[C@@H](n1cnc3c(NC)nc(C#Cc4cnccn4)nc31)[C@H](O)C2O. The Kier molecular flexibility index (Phi) is 4.35. The molecular formula is C20H20N8O3. The summed E-state index contributed by atoms with van der Waals surface area (Å²) in [6.07, 6.45) is 4.39. The molecular weight excluding hydrogens is 400 g/mol. The molecule has 0 aromatic carbocycles. The van der Waals surface area contributed by atoms with Crippen molar-refractivity contribution in [3.8, 4) is 11.8 Å². The van der Waals surface area contributed by atoms with Crippen LogP contribution in [-0.2, 0) is 4.79 Å². The lowest BCUT2D eigenvalue weighted by Gasteiger charge is -2.23. The summed E-state index contributed by atoms with van der Waals surface area (Å²) in [4.78, 5) is 33.8. The molecule has 0 spiro atoms. The minimum absolute atomic E-state index is 0.225. The number of hydrogen-bond acceptors (Lipinski definition) is 9.